The molecule has 8 nitrogen and oxygen atoms in total. The fraction of sp³-hybridized carbons (Fsp3) is 0.136. The van der Waals surface area contributed by atoms with Gasteiger partial charge in [0, 0.05) is 35.6 Å². The highest BCUT2D eigenvalue weighted by Crippen LogP contribution is 2.34. The van der Waals surface area contributed by atoms with E-state index in [0.29, 0.717) is 22.6 Å². The minimum absolute atomic E-state index is 0.0454. The van der Waals surface area contributed by atoms with Crippen LogP contribution in [0.5, 0.6) is 0 Å². The zero-order chi connectivity index (χ0) is 22.8. The number of nitrogens with one attached hydrogen (secondary N) is 1. The summed E-state index contributed by atoms with van der Waals surface area (Å²) in [6, 6.07) is 5.10. The van der Waals surface area contributed by atoms with Gasteiger partial charge in [0.25, 0.3) is 5.91 Å². The Kier molecular flexibility index (Phi) is 5.59. The van der Waals surface area contributed by atoms with Crippen LogP contribution in [-0.2, 0) is 6.42 Å². The van der Waals surface area contributed by atoms with Gasteiger partial charge >= 0.3 is 6.01 Å². The number of carbonyl (C=O) groups is 1. The molecule has 3 N–H and O–H groups in total. The maximum atomic E-state index is 14.3. The monoisotopic (exact) mass is 436 g/mol. The van der Waals surface area contributed by atoms with Crippen molar-refractivity contribution in [3.8, 4) is 11.3 Å². The first kappa shape index (κ1) is 21.0. The van der Waals surface area contributed by atoms with E-state index in [2.05, 4.69) is 25.3 Å². The van der Waals surface area contributed by atoms with Gasteiger partial charge in [-0.1, -0.05) is 6.07 Å². The first-order valence-electron chi connectivity index (χ1n) is 9.57. The molecule has 0 aliphatic rings. The lowest BCUT2D eigenvalue weighted by Gasteiger charge is -2.09. The molecule has 32 heavy (non-hydrogen) atoms. The Balaban J connectivity index is 1.79. The number of nitrogen functional groups attached to an aromatic ring is 1. The van der Waals surface area contributed by atoms with E-state index >= 15 is 0 Å². The molecule has 4 rings (SSSR count). The molecule has 3 heterocycles. The summed E-state index contributed by atoms with van der Waals surface area (Å²) in [7, 11) is 0. The van der Waals surface area contributed by atoms with Crippen LogP contribution in [0.3, 0.4) is 0 Å². The third-order valence-corrected chi connectivity index (χ3v) is 4.75. The Bertz CT molecular complexity index is 1290. The van der Waals surface area contributed by atoms with Crippen LogP contribution in [0.25, 0.3) is 11.3 Å². The number of aromatic nitrogens is 4. The second-order valence-electron chi connectivity index (χ2n) is 7.02. The minimum atomic E-state index is -0.729. The van der Waals surface area contributed by atoms with Crippen LogP contribution in [0.2, 0.25) is 0 Å². The van der Waals surface area contributed by atoms with Crippen LogP contribution in [0.1, 0.15) is 33.2 Å². The number of benzene rings is 1. The maximum Gasteiger partial charge on any atom is 0.302 e. The summed E-state index contributed by atoms with van der Waals surface area (Å²) in [5.41, 5.74) is 8.35. The summed E-state index contributed by atoms with van der Waals surface area (Å²) in [6.07, 6.45) is 3.83. The summed E-state index contributed by atoms with van der Waals surface area (Å²) < 4.78 is 34.3. The van der Waals surface area contributed by atoms with E-state index in [0.717, 1.165) is 12.1 Å². The van der Waals surface area contributed by atoms with Crippen molar-refractivity contribution in [3.63, 3.8) is 0 Å². The third-order valence-electron chi connectivity index (χ3n) is 4.75. The van der Waals surface area contributed by atoms with Crippen LogP contribution < -0.4 is 11.1 Å². The predicted molar refractivity (Wildman–Crippen MR) is 113 cm³/mol. The molecule has 4 aromatic rings. The lowest BCUT2D eigenvalue weighted by molar-refractivity contribution is 0.101. The van der Waals surface area contributed by atoms with Gasteiger partial charge in [-0.25, -0.2) is 13.8 Å². The zero-order valence-corrected chi connectivity index (χ0v) is 17.2. The van der Waals surface area contributed by atoms with Crippen molar-refractivity contribution in [2.24, 2.45) is 0 Å². The molecule has 1 aromatic carbocycles. The number of carbonyl (C=O) groups excluding carboxylic acids is 1. The highest BCUT2D eigenvalue weighted by Gasteiger charge is 2.23. The van der Waals surface area contributed by atoms with Gasteiger partial charge in [-0.3, -0.25) is 20.1 Å². The highest BCUT2D eigenvalue weighted by atomic mass is 19.1. The summed E-state index contributed by atoms with van der Waals surface area (Å²) in [4.78, 5) is 28.9. The van der Waals surface area contributed by atoms with Crippen molar-refractivity contribution in [2.75, 3.05) is 11.1 Å². The van der Waals surface area contributed by atoms with Gasteiger partial charge in [0.15, 0.2) is 0 Å². The number of halogens is 2. The van der Waals surface area contributed by atoms with Crippen molar-refractivity contribution in [2.45, 2.75) is 20.3 Å². The van der Waals surface area contributed by atoms with Gasteiger partial charge in [0.1, 0.15) is 28.8 Å². The van der Waals surface area contributed by atoms with Crippen molar-refractivity contribution >= 4 is 17.6 Å². The first-order chi connectivity index (χ1) is 15.3. The lowest BCUT2D eigenvalue weighted by atomic mass is 10.0. The van der Waals surface area contributed by atoms with E-state index in [1.54, 1.807) is 19.9 Å². The number of oxazole rings is 1. The Morgan fingerprint density at radius 1 is 1.16 bits per heavy atom. The van der Waals surface area contributed by atoms with Crippen molar-refractivity contribution in [1.82, 2.24) is 19.9 Å². The Labute approximate surface area is 181 Å². The number of rotatable bonds is 5. The Morgan fingerprint density at radius 2 is 1.91 bits per heavy atom. The summed E-state index contributed by atoms with van der Waals surface area (Å²) in [5.74, 6) is -1.94. The normalized spacial score (nSPS) is 10.9. The number of nitrogens with zero attached hydrogens (tertiary/aromatic N) is 4. The molecule has 3 aromatic heterocycles. The smallest absolute Gasteiger partial charge is 0.302 e. The van der Waals surface area contributed by atoms with E-state index in [-0.39, 0.29) is 35.1 Å². The van der Waals surface area contributed by atoms with Gasteiger partial charge in [-0.2, -0.15) is 4.98 Å². The number of pyridine rings is 1. The Hall–Kier alpha value is -4.21. The number of aryl methyl sites for hydroxylation is 2. The fourth-order valence-corrected chi connectivity index (χ4v) is 3.21. The van der Waals surface area contributed by atoms with Crippen LogP contribution in [-0.4, -0.2) is 25.8 Å². The quantitative estimate of drug-likeness (QED) is 0.488. The van der Waals surface area contributed by atoms with Gasteiger partial charge in [-0.15, -0.1) is 0 Å². The lowest BCUT2D eigenvalue weighted by Crippen LogP contribution is -2.14. The molecule has 162 valence electrons. The van der Waals surface area contributed by atoms with Crippen LogP contribution in [0.15, 0.2) is 47.3 Å². The molecule has 0 aliphatic carbocycles. The molecule has 1 amide bonds. The van der Waals surface area contributed by atoms with Gasteiger partial charge in [0.05, 0.1) is 17.6 Å². The SMILES string of the molecule is Cc1cc(-c2nc(NC(=O)c3cnccn3)oc2Cc2c(F)cccc2F)c(N)c(C)n1. The predicted octanol–water partition coefficient (Wildman–Crippen LogP) is 3.85. The van der Waals surface area contributed by atoms with Crippen molar-refractivity contribution in [3.05, 3.63) is 82.9 Å². The van der Waals surface area contributed by atoms with E-state index in [1.807, 2.05) is 0 Å². The van der Waals surface area contributed by atoms with Gasteiger partial charge < -0.3 is 10.2 Å². The fourth-order valence-electron chi connectivity index (χ4n) is 3.21. The molecule has 0 atom stereocenters. The van der Waals surface area contributed by atoms with E-state index < -0.39 is 17.5 Å². The van der Waals surface area contributed by atoms with Crippen molar-refractivity contribution in [1.29, 1.82) is 0 Å². The van der Waals surface area contributed by atoms with Crippen LogP contribution in [0, 0.1) is 25.5 Å². The van der Waals surface area contributed by atoms with E-state index in [1.165, 1.54) is 24.7 Å². The molecule has 0 bridgehead atoms. The zero-order valence-electron chi connectivity index (χ0n) is 17.2. The molecule has 0 radical (unpaired) electrons. The molecule has 0 saturated carbocycles. The maximum absolute atomic E-state index is 14.3. The largest absolute Gasteiger partial charge is 0.427 e. The molecule has 0 saturated heterocycles. The molecule has 0 fully saturated rings. The van der Waals surface area contributed by atoms with Gasteiger partial charge in [0.2, 0.25) is 0 Å². The molecule has 0 aliphatic heterocycles. The molecule has 0 unspecified atom stereocenters. The molecule has 10 heteroatoms. The summed E-state index contributed by atoms with van der Waals surface area (Å²) >= 11 is 0. The third kappa shape index (κ3) is 4.15. The van der Waals surface area contributed by atoms with Crippen LogP contribution in [0.4, 0.5) is 20.5 Å². The van der Waals surface area contributed by atoms with Gasteiger partial charge in [-0.05, 0) is 32.0 Å². The number of amides is 1. The second-order valence-corrected chi connectivity index (χ2v) is 7.02. The standard InChI is InChI=1S/C22H18F2N6O2/c1-11-8-14(19(25)12(2)28-11)20-18(9-13-15(23)4-3-5-16(13)24)32-22(29-20)30-21(31)17-10-26-6-7-27-17/h3-8,10H,9,25H2,1-2H3,(H,29,30,31). The summed E-state index contributed by atoms with van der Waals surface area (Å²) in [6.45, 7) is 3.52. The number of anilines is 2. The second kappa shape index (κ2) is 8.50. The van der Waals surface area contributed by atoms with Crippen molar-refractivity contribution < 1.29 is 18.0 Å². The van der Waals surface area contributed by atoms with Crippen LogP contribution >= 0.6 is 0 Å². The number of nitrogens with two attached hydrogens (primary N) is 1. The number of hydrogen-bond donors (Lipinski definition) is 2. The summed E-state index contributed by atoms with van der Waals surface area (Å²) in [5, 5.41) is 2.49. The van der Waals surface area contributed by atoms with E-state index in [9.17, 15) is 13.6 Å². The molecule has 0 spiro atoms. The first-order valence-corrected chi connectivity index (χ1v) is 9.57. The topological polar surface area (TPSA) is 120 Å². The Morgan fingerprint density at radius 3 is 2.59 bits per heavy atom. The highest BCUT2D eigenvalue weighted by molar-refractivity contribution is 6.01. The van der Waals surface area contributed by atoms with E-state index in [4.69, 9.17) is 10.2 Å². The average Bonchev–Trinajstić information content (AvgIpc) is 3.16. The minimum Gasteiger partial charge on any atom is -0.427 e. The number of hydrogen-bond acceptors (Lipinski definition) is 7. The molecular weight excluding hydrogens is 418 g/mol. The average molecular weight is 436 g/mol. The molecular formula is C22H18F2N6O2.